The number of hydrogen-bond acceptors (Lipinski definition) is 2. The first-order valence-electron chi connectivity index (χ1n) is 6.65. The average molecular weight is 286 g/mol. The van der Waals surface area contributed by atoms with Gasteiger partial charge in [-0.05, 0) is 44.6 Å². The molecule has 0 aliphatic carbocycles. The fourth-order valence-corrected chi connectivity index (χ4v) is 2.57. The third-order valence-electron chi connectivity index (χ3n) is 3.81. The largest absolute Gasteiger partial charge is 0.292 e. The number of hydrogen-bond donors (Lipinski definition) is 0. The maximum Gasteiger partial charge on any atom is 0.185 e. The van der Waals surface area contributed by atoms with Crippen molar-refractivity contribution in [3.05, 3.63) is 34.6 Å². The Morgan fingerprint density at radius 2 is 1.89 bits per heavy atom. The number of rotatable bonds is 6. The van der Waals surface area contributed by atoms with E-state index in [0.717, 1.165) is 13.1 Å². The molecule has 0 spiro atoms. The van der Waals surface area contributed by atoms with Gasteiger partial charge in [0.05, 0.1) is 11.1 Å². The molecule has 0 N–H and O–H groups in total. The molecule has 0 aliphatic heterocycles. The highest BCUT2D eigenvalue weighted by Crippen LogP contribution is 2.26. The van der Waals surface area contributed by atoms with Crippen LogP contribution in [-0.2, 0) is 0 Å². The molecular formula is C15H21ClFNO. The Morgan fingerprint density at radius 3 is 2.32 bits per heavy atom. The van der Waals surface area contributed by atoms with Gasteiger partial charge in [-0.3, -0.25) is 9.69 Å². The van der Waals surface area contributed by atoms with Crippen molar-refractivity contribution < 1.29 is 9.18 Å². The highest BCUT2D eigenvalue weighted by molar-refractivity contribution is 6.30. The predicted molar refractivity (Wildman–Crippen MR) is 77.4 cm³/mol. The summed E-state index contributed by atoms with van der Waals surface area (Å²) in [7, 11) is 0. The van der Waals surface area contributed by atoms with E-state index in [-0.39, 0.29) is 11.3 Å². The lowest BCUT2D eigenvalue weighted by molar-refractivity contribution is 0.0603. The molecule has 0 radical (unpaired) electrons. The minimum atomic E-state index is -0.682. The van der Waals surface area contributed by atoms with Crippen molar-refractivity contribution in [2.24, 2.45) is 0 Å². The molecule has 19 heavy (non-hydrogen) atoms. The van der Waals surface area contributed by atoms with Gasteiger partial charge < -0.3 is 0 Å². The highest BCUT2D eigenvalue weighted by Gasteiger charge is 2.37. The molecule has 2 nitrogen and oxygen atoms in total. The van der Waals surface area contributed by atoms with Crippen molar-refractivity contribution in [1.29, 1.82) is 0 Å². The second-order valence-corrected chi connectivity index (χ2v) is 5.19. The molecule has 1 atom stereocenters. The third kappa shape index (κ3) is 3.15. The molecule has 0 heterocycles. The molecule has 1 rings (SSSR count). The molecule has 1 aromatic carbocycles. The van der Waals surface area contributed by atoms with Crippen LogP contribution in [0.4, 0.5) is 4.39 Å². The van der Waals surface area contributed by atoms with Gasteiger partial charge in [0, 0.05) is 5.02 Å². The van der Waals surface area contributed by atoms with Gasteiger partial charge in [0.25, 0.3) is 0 Å². The third-order valence-corrected chi connectivity index (χ3v) is 4.05. The minimum Gasteiger partial charge on any atom is -0.292 e. The van der Waals surface area contributed by atoms with Crippen LogP contribution < -0.4 is 0 Å². The number of likely N-dealkylation sites (N-methyl/N-ethyl adjacent to an activating group) is 1. The zero-order valence-corrected chi connectivity index (χ0v) is 12.7. The van der Waals surface area contributed by atoms with Crippen LogP contribution in [-0.4, -0.2) is 29.3 Å². The Bertz CT molecular complexity index is 459. The van der Waals surface area contributed by atoms with E-state index < -0.39 is 11.4 Å². The Labute approximate surface area is 119 Å². The van der Waals surface area contributed by atoms with Crippen molar-refractivity contribution in [2.45, 2.75) is 39.7 Å². The second kappa shape index (κ2) is 6.49. The first-order chi connectivity index (χ1) is 8.90. The Kier molecular flexibility index (Phi) is 5.50. The van der Waals surface area contributed by atoms with E-state index in [0.29, 0.717) is 11.4 Å². The van der Waals surface area contributed by atoms with E-state index in [1.807, 2.05) is 27.7 Å². The zero-order chi connectivity index (χ0) is 14.6. The Balaban J connectivity index is 3.21. The topological polar surface area (TPSA) is 20.3 Å². The van der Waals surface area contributed by atoms with Gasteiger partial charge >= 0.3 is 0 Å². The van der Waals surface area contributed by atoms with Crippen molar-refractivity contribution in [1.82, 2.24) is 4.90 Å². The van der Waals surface area contributed by atoms with Crippen LogP contribution in [0.1, 0.15) is 44.5 Å². The van der Waals surface area contributed by atoms with Gasteiger partial charge in [0.2, 0.25) is 0 Å². The molecule has 1 unspecified atom stereocenters. The molecular weight excluding hydrogens is 265 g/mol. The van der Waals surface area contributed by atoms with Crippen LogP contribution in [0.2, 0.25) is 5.02 Å². The average Bonchev–Trinajstić information content (AvgIpc) is 2.39. The first kappa shape index (κ1) is 16.1. The molecule has 0 saturated heterocycles. The number of carbonyl (C=O) groups excluding carboxylic acids is 1. The molecule has 106 valence electrons. The molecule has 0 amide bonds. The van der Waals surface area contributed by atoms with Crippen molar-refractivity contribution in [3.8, 4) is 0 Å². The van der Waals surface area contributed by atoms with E-state index in [2.05, 4.69) is 4.90 Å². The van der Waals surface area contributed by atoms with E-state index >= 15 is 0 Å². The quantitative estimate of drug-likeness (QED) is 0.731. The lowest BCUT2D eigenvalue weighted by Gasteiger charge is -2.38. The van der Waals surface area contributed by atoms with Crippen molar-refractivity contribution >= 4 is 17.4 Å². The molecule has 0 fully saturated rings. The number of ketones is 1. The van der Waals surface area contributed by atoms with Gasteiger partial charge in [-0.15, -0.1) is 0 Å². The summed E-state index contributed by atoms with van der Waals surface area (Å²) in [5.74, 6) is -0.739. The molecule has 4 heteroatoms. The fraction of sp³-hybridized carbons (Fsp3) is 0.533. The van der Waals surface area contributed by atoms with E-state index in [4.69, 9.17) is 11.6 Å². The SMILES string of the molecule is CCN(CC)C(C)(CC)C(=O)c1ccc(Cl)cc1F. The van der Waals surface area contributed by atoms with Crippen LogP contribution >= 0.6 is 11.6 Å². The molecule has 1 aromatic rings. The number of Topliss-reactive ketones (excluding diaryl/α,β-unsaturated/α-hetero) is 1. The smallest absolute Gasteiger partial charge is 0.185 e. The first-order valence-corrected chi connectivity index (χ1v) is 7.03. The summed E-state index contributed by atoms with van der Waals surface area (Å²) >= 11 is 5.73. The number of nitrogens with zero attached hydrogens (tertiary/aromatic N) is 1. The zero-order valence-electron chi connectivity index (χ0n) is 12.0. The summed E-state index contributed by atoms with van der Waals surface area (Å²) in [5, 5.41) is 0.301. The summed E-state index contributed by atoms with van der Waals surface area (Å²) < 4.78 is 13.9. The van der Waals surface area contributed by atoms with Crippen LogP contribution in [0.3, 0.4) is 0 Å². The number of benzene rings is 1. The monoisotopic (exact) mass is 285 g/mol. The van der Waals surface area contributed by atoms with Gasteiger partial charge in [0.15, 0.2) is 5.78 Å². The number of carbonyl (C=O) groups is 1. The van der Waals surface area contributed by atoms with Gasteiger partial charge in [-0.25, -0.2) is 4.39 Å². The summed E-state index contributed by atoms with van der Waals surface area (Å²) in [6.07, 6.45) is 0.635. The van der Waals surface area contributed by atoms with E-state index in [1.54, 1.807) is 6.07 Å². The molecule has 0 aromatic heterocycles. The van der Waals surface area contributed by atoms with Crippen molar-refractivity contribution in [2.75, 3.05) is 13.1 Å². The molecule has 0 saturated carbocycles. The maximum atomic E-state index is 13.9. The summed E-state index contributed by atoms with van der Waals surface area (Å²) in [5.41, 5.74) is -0.571. The summed E-state index contributed by atoms with van der Waals surface area (Å²) in [6, 6.07) is 4.21. The van der Waals surface area contributed by atoms with Crippen LogP contribution in [0.5, 0.6) is 0 Å². The fourth-order valence-electron chi connectivity index (χ4n) is 2.41. The van der Waals surface area contributed by atoms with Crippen LogP contribution in [0.15, 0.2) is 18.2 Å². The van der Waals surface area contributed by atoms with Crippen LogP contribution in [0, 0.1) is 5.82 Å². The second-order valence-electron chi connectivity index (χ2n) is 4.75. The maximum absolute atomic E-state index is 13.9. The Hall–Kier alpha value is -0.930. The lowest BCUT2D eigenvalue weighted by Crippen LogP contribution is -2.52. The van der Waals surface area contributed by atoms with Gasteiger partial charge in [-0.2, -0.15) is 0 Å². The predicted octanol–water partition coefficient (Wildman–Crippen LogP) is 4.17. The normalized spacial score (nSPS) is 14.5. The van der Waals surface area contributed by atoms with Gasteiger partial charge in [-0.1, -0.05) is 32.4 Å². The van der Waals surface area contributed by atoms with Gasteiger partial charge in [0.1, 0.15) is 5.82 Å². The number of halogens is 2. The Morgan fingerprint density at radius 1 is 1.32 bits per heavy atom. The highest BCUT2D eigenvalue weighted by atomic mass is 35.5. The van der Waals surface area contributed by atoms with E-state index in [1.165, 1.54) is 12.1 Å². The van der Waals surface area contributed by atoms with Crippen molar-refractivity contribution in [3.63, 3.8) is 0 Å². The van der Waals surface area contributed by atoms with E-state index in [9.17, 15) is 9.18 Å². The lowest BCUT2D eigenvalue weighted by atomic mass is 9.86. The standard InChI is InChI=1S/C15H21ClFNO/c1-5-15(4,18(6-2)7-3)14(19)12-9-8-11(16)10-13(12)17/h8-10H,5-7H2,1-4H3. The van der Waals surface area contributed by atoms with Crippen LogP contribution in [0.25, 0.3) is 0 Å². The minimum absolute atomic E-state index is 0.112. The molecule has 0 bridgehead atoms. The molecule has 0 aliphatic rings. The summed E-state index contributed by atoms with van der Waals surface area (Å²) in [4.78, 5) is 14.7. The summed E-state index contributed by atoms with van der Waals surface area (Å²) in [6.45, 7) is 9.33.